The van der Waals surface area contributed by atoms with E-state index in [0.29, 0.717) is 12.8 Å². The quantitative estimate of drug-likeness (QED) is 0.0213. The number of carbonyl (C=O) groups is 1. The number of hydrogen-bond donors (Lipinski definition) is 9. The van der Waals surface area contributed by atoms with Crippen molar-refractivity contribution in [2.24, 2.45) is 0 Å². The number of hydrogen-bond acceptors (Lipinski definition) is 13. The third-order valence-corrected chi connectivity index (χ3v) is 12.2. The SMILES string of the molecule is CC/C=C\C/C=C\C/C=C\C/C=C\C/C=C\C/C=C\C/C=C\CCCCCC(=O)NC(COC1OC(CO)C(OC2OC(CO)C(O)C(O)C2O)C(O)C1O)C(O)/C=C/CC/C=C/CCCCCCCC. The zero-order valence-electron chi connectivity index (χ0n) is 42.9. The first-order valence-electron chi connectivity index (χ1n) is 26.6. The monoisotopic (exact) mass is 1000 g/mol. The van der Waals surface area contributed by atoms with Crippen LogP contribution >= 0.6 is 0 Å². The molecule has 0 aromatic rings. The smallest absolute Gasteiger partial charge is 0.220 e. The van der Waals surface area contributed by atoms with E-state index >= 15 is 0 Å². The maximum absolute atomic E-state index is 13.2. The fraction of sp³-hybridized carbons (Fsp3) is 0.667. The van der Waals surface area contributed by atoms with E-state index < -0.39 is 86.8 Å². The summed E-state index contributed by atoms with van der Waals surface area (Å²) in [5, 5.41) is 86.7. The highest BCUT2D eigenvalue weighted by atomic mass is 16.7. The summed E-state index contributed by atoms with van der Waals surface area (Å²) in [4.78, 5) is 13.2. The minimum atomic E-state index is -1.80. The Kier molecular flexibility index (Phi) is 37.8. The Morgan fingerprint density at radius 1 is 0.521 bits per heavy atom. The van der Waals surface area contributed by atoms with E-state index in [1.807, 2.05) is 6.08 Å². The summed E-state index contributed by atoms with van der Waals surface area (Å²) in [6.07, 6.45) is 41.3. The zero-order chi connectivity index (χ0) is 51.7. The van der Waals surface area contributed by atoms with Gasteiger partial charge in [0.15, 0.2) is 12.6 Å². The van der Waals surface area contributed by atoms with Crippen LogP contribution < -0.4 is 5.32 Å². The van der Waals surface area contributed by atoms with Gasteiger partial charge in [-0.15, -0.1) is 0 Å². The molecule has 2 heterocycles. The minimum absolute atomic E-state index is 0.226. The fourth-order valence-corrected chi connectivity index (χ4v) is 7.87. The highest BCUT2D eigenvalue weighted by Gasteiger charge is 2.51. The third kappa shape index (κ3) is 28.6. The Labute approximate surface area is 425 Å². The molecule has 71 heavy (non-hydrogen) atoms. The van der Waals surface area contributed by atoms with E-state index in [4.69, 9.17) is 18.9 Å². The van der Waals surface area contributed by atoms with Crippen LogP contribution in [0.15, 0.2) is 109 Å². The number of allylic oxidation sites excluding steroid dienone is 17. The van der Waals surface area contributed by atoms with Gasteiger partial charge in [-0.2, -0.15) is 0 Å². The van der Waals surface area contributed by atoms with Gasteiger partial charge in [-0.1, -0.05) is 162 Å². The second-order valence-electron chi connectivity index (χ2n) is 18.3. The predicted octanol–water partition coefficient (Wildman–Crippen LogP) is 7.71. The molecular formula is C57H93NO13. The molecule has 1 amide bonds. The lowest BCUT2D eigenvalue weighted by Gasteiger charge is -2.46. The second kappa shape index (κ2) is 42.1. The van der Waals surface area contributed by atoms with Crippen LogP contribution in [0.5, 0.6) is 0 Å². The fourth-order valence-electron chi connectivity index (χ4n) is 7.87. The molecule has 0 aliphatic carbocycles. The minimum Gasteiger partial charge on any atom is -0.394 e. The molecule has 9 N–H and O–H groups in total. The largest absolute Gasteiger partial charge is 0.394 e. The van der Waals surface area contributed by atoms with Gasteiger partial charge in [0.25, 0.3) is 0 Å². The molecule has 2 aliphatic heterocycles. The van der Waals surface area contributed by atoms with Crippen molar-refractivity contribution in [2.45, 2.75) is 222 Å². The third-order valence-electron chi connectivity index (χ3n) is 12.2. The van der Waals surface area contributed by atoms with Crippen molar-refractivity contribution in [2.75, 3.05) is 19.8 Å². The molecule has 0 aromatic heterocycles. The van der Waals surface area contributed by atoms with Gasteiger partial charge in [0.05, 0.1) is 32.0 Å². The molecule has 0 radical (unpaired) electrons. The first kappa shape index (κ1) is 63.8. The highest BCUT2D eigenvalue weighted by Crippen LogP contribution is 2.30. The van der Waals surface area contributed by atoms with Crippen LogP contribution in [0.3, 0.4) is 0 Å². The van der Waals surface area contributed by atoms with E-state index in [1.54, 1.807) is 6.08 Å². The Morgan fingerprint density at radius 2 is 0.986 bits per heavy atom. The Hall–Kier alpha value is -3.35. The van der Waals surface area contributed by atoms with Gasteiger partial charge in [-0.25, -0.2) is 0 Å². The van der Waals surface area contributed by atoms with Gasteiger partial charge in [0.2, 0.25) is 5.91 Å². The number of aliphatic hydroxyl groups excluding tert-OH is 8. The number of carbonyl (C=O) groups excluding carboxylic acids is 1. The molecule has 2 rings (SSSR count). The van der Waals surface area contributed by atoms with Gasteiger partial charge < -0.3 is 65.1 Å². The highest BCUT2D eigenvalue weighted by molar-refractivity contribution is 5.76. The topological polar surface area (TPSA) is 228 Å². The van der Waals surface area contributed by atoms with Gasteiger partial charge in [0, 0.05) is 6.42 Å². The molecule has 0 spiro atoms. The number of nitrogens with one attached hydrogen (secondary N) is 1. The number of unbranched alkanes of at least 4 members (excludes halogenated alkanes) is 10. The zero-order valence-corrected chi connectivity index (χ0v) is 42.9. The normalized spacial score (nSPS) is 26.7. The van der Waals surface area contributed by atoms with Gasteiger partial charge >= 0.3 is 0 Å². The van der Waals surface area contributed by atoms with Crippen molar-refractivity contribution in [3.8, 4) is 0 Å². The Balaban J connectivity index is 1.82. The predicted molar refractivity (Wildman–Crippen MR) is 281 cm³/mol. The molecule has 14 heteroatoms. The van der Waals surface area contributed by atoms with Crippen molar-refractivity contribution >= 4 is 5.91 Å². The van der Waals surface area contributed by atoms with Crippen LogP contribution in [-0.4, -0.2) is 140 Å². The molecule has 0 aromatic carbocycles. The lowest BCUT2D eigenvalue weighted by Crippen LogP contribution is -2.65. The Bertz CT molecular complexity index is 1600. The molecule has 14 nitrogen and oxygen atoms in total. The average molecular weight is 1000 g/mol. The number of ether oxygens (including phenoxy) is 4. The van der Waals surface area contributed by atoms with Crippen LogP contribution in [0, 0.1) is 0 Å². The lowest BCUT2D eigenvalue weighted by molar-refractivity contribution is -0.359. The van der Waals surface area contributed by atoms with Crippen LogP contribution in [0.1, 0.15) is 149 Å². The van der Waals surface area contributed by atoms with Crippen molar-refractivity contribution < 1.29 is 64.6 Å². The molecule has 0 saturated carbocycles. The van der Waals surface area contributed by atoms with E-state index in [0.717, 1.165) is 77.0 Å². The summed E-state index contributed by atoms with van der Waals surface area (Å²) in [7, 11) is 0. The van der Waals surface area contributed by atoms with Gasteiger partial charge in [0.1, 0.15) is 48.8 Å². The van der Waals surface area contributed by atoms with Gasteiger partial charge in [-0.05, 0) is 89.9 Å². The lowest BCUT2D eigenvalue weighted by atomic mass is 9.97. The molecule has 0 bridgehead atoms. The van der Waals surface area contributed by atoms with Crippen molar-refractivity contribution in [1.82, 2.24) is 5.32 Å². The molecule has 2 aliphatic rings. The van der Waals surface area contributed by atoms with Crippen molar-refractivity contribution in [3.63, 3.8) is 0 Å². The van der Waals surface area contributed by atoms with Gasteiger partial charge in [-0.3, -0.25) is 4.79 Å². The summed E-state index contributed by atoms with van der Waals surface area (Å²) in [6, 6.07) is -0.956. The number of amides is 1. The summed E-state index contributed by atoms with van der Waals surface area (Å²) in [6.45, 7) is 2.58. The molecule has 2 fully saturated rings. The molecule has 404 valence electrons. The van der Waals surface area contributed by atoms with Crippen LogP contribution in [-0.2, 0) is 23.7 Å². The van der Waals surface area contributed by atoms with Crippen molar-refractivity contribution in [1.29, 1.82) is 0 Å². The Morgan fingerprint density at radius 3 is 1.55 bits per heavy atom. The van der Waals surface area contributed by atoms with Crippen molar-refractivity contribution in [3.05, 3.63) is 109 Å². The van der Waals surface area contributed by atoms with Crippen LogP contribution in [0.2, 0.25) is 0 Å². The first-order chi connectivity index (χ1) is 34.6. The summed E-state index contributed by atoms with van der Waals surface area (Å²) in [5.74, 6) is -0.289. The van der Waals surface area contributed by atoms with Crippen LogP contribution in [0.4, 0.5) is 0 Å². The second-order valence-corrected chi connectivity index (χ2v) is 18.3. The molecule has 12 atom stereocenters. The number of rotatable bonds is 39. The molecule has 12 unspecified atom stereocenters. The number of aliphatic hydroxyl groups is 8. The molecular weight excluding hydrogens is 907 g/mol. The maximum Gasteiger partial charge on any atom is 0.220 e. The van der Waals surface area contributed by atoms with Crippen LogP contribution in [0.25, 0.3) is 0 Å². The standard InChI is InChI=1S/C57H93NO13/c1-3-5-7-9-11-13-15-17-18-19-20-21-22-23-24-25-26-27-28-29-31-33-35-37-39-41-49(62)58-45(46(61)40-38-36-34-32-30-16-14-12-10-8-6-4-2)44-68-56-54(67)52(65)55(48(43-60)70-56)71-57-53(66)51(64)50(63)47(42-59)69-57/h5,7,11,13,17-18,20-21,23-24,26-27,29-32,38,40,45-48,50-57,59-61,63-67H,3-4,6,8-10,12,14-16,19,22,25,28,33-37,39,41-44H2,1-2H3,(H,58,62)/b7-5-,13-11-,18-17-,21-20-,24-23-,27-26-,31-29-,32-30+,40-38+. The summed E-state index contributed by atoms with van der Waals surface area (Å²) < 4.78 is 22.6. The van der Waals surface area contributed by atoms with E-state index in [9.17, 15) is 45.6 Å². The van der Waals surface area contributed by atoms with E-state index in [-0.39, 0.29) is 18.9 Å². The summed E-state index contributed by atoms with van der Waals surface area (Å²) >= 11 is 0. The van der Waals surface area contributed by atoms with E-state index in [2.05, 4.69) is 116 Å². The summed E-state index contributed by atoms with van der Waals surface area (Å²) in [5.41, 5.74) is 0. The average Bonchev–Trinajstić information content (AvgIpc) is 3.37. The first-order valence-corrected chi connectivity index (χ1v) is 26.6. The molecule has 2 saturated heterocycles. The maximum atomic E-state index is 13.2. The van der Waals surface area contributed by atoms with E-state index in [1.165, 1.54) is 38.5 Å².